The Bertz CT molecular complexity index is 457. The molecule has 0 aromatic carbocycles. The maximum atomic E-state index is 5.05. The Labute approximate surface area is 99.6 Å². The van der Waals surface area contributed by atoms with E-state index in [0.29, 0.717) is 6.04 Å². The molecule has 1 fully saturated rings. The summed E-state index contributed by atoms with van der Waals surface area (Å²) in [5.74, 6) is 0.910. The number of nitrogens with one attached hydrogen (secondary N) is 3. The zero-order valence-electron chi connectivity index (χ0n) is 9.57. The van der Waals surface area contributed by atoms with Gasteiger partial charge < -0.3 is 15.1 Å². The molecular formula is C12H16N4O. The molecule has 0 bridgehead atoms. The molecule has 1 saturated heterocycles. The van der Waals surface area contributed by atoms with E-state index < -0.39 is 0 Å². The van der Waals surface area contributed by atoms with E-state index in [1.165, 1.54) is 0 Å². The van der Waals surface area contributed by atoms with Gasteiger partial charge in [-0.3, -0.25) is 5.10 Å². The Hall–Kier alpha value is -1.75. The fourth-order valence-corrected chi connectivity index (χ4v) is 2.14. The predicted molar refractivity (Wildman–Crippen MR) is 65.8 cm³/mol. The average molecular weight is 232 g/mol. The topological polar surface area (TPSA) is 65.9 Å². The van der Waals surface area contributed by atoms with Gasteiger partial charge in [0.05, 0.1) is 18.2 Å². The minimum absolute atomic E-state index is 0.525. The van der Waals surface area contributed by atoms with Crippen LogP contribution in [0.15, 0.2) is 29.1 Å². The monoisotopic (exact) mass is 232 g/mol. The highest BCUT2D eigenvalue weighted by Gasteiger charge is 2.14. The van der Waals surface area contributed by atoms with E-state index in [4.69, 9.17) is 4.42 Å². The molecule has 3 heterocycles. The number of nitrogens with zero attached hydrogens (tertiary/aromatic N) is 1. The van der Waals surface area contributed by atoms with Gasteiger partial charge in [-0.2, -0.15) is 5.10 Å². The molecule has 0 spiro atoms. The second-order valence-corrected chi connectivity index (χ2v) is 4.35. The number of hydrogen-bond donors (Lipinski definition) is 3. The van der Waals surface area contributed by atoms with Crippen molar-refractivity contribution >= 4 is 5.82 Å². The van der Waals surface area contributed by atoms with Crippen LogP contribution in [0.2, 0.25) is 0 Å². The highest BCUT2D eigenvalue weighted by atomic mass is 16.3. The molecule has 1 aliphatic rings. The van der Waals surface area contributed by atoms with Crippen molar-refractivity contribution in [3.05, 3.63) is 24.7 Å². The third-order valence-corrected chi connectivity index (χ3v) is 3.10. The molecule has 2 aromatic heterocycles. The normalized spacial score (nSPS) is 17.2. The van der Waals surface area contributed by atoms with Crippen molar-refractivity contribution in [3.8, 4) is 11.3 Å². The van der Waals surface area contributed by atoms with Crippen LogP contribution in [0, 0.1) is 0 Å². The summed E-state index contributed by atoms with van der Waals surface area (Å²) in [6, 6.07) is 4.46. The first kappa shape index (κ1) is 10.4. The van der Waals surface area contributed by atoms with Crippen LogP contribution in [-0.4, -0.2) is 29.3 Å². The van der Waals surface area contributed by atoms with Crippen molar-refractivity contribution in [1.29, 1.82) is 0 Å². The molecule has 3 rings (SSSR count). The number of aromatic nitrogens is 2. The van der Waals surface area contributed by atoms with Gasteiger partial charge in [-0.15, -0.1) is 0 Å². The molecule has 5 nitrogen and oxygen atoms in total. The Balaban J connectivity index is 1.68. The van der Waals surface area contributed by atoms with E-state index in [1.807, 2.05) is 12.1 Å². The van der Waals surface area contributed by atoms with Crippen LogP contribution in [0.1, 0.15) is 12.8 Å². The van der Waals surface area contributed by atoms with Crippen molar-refractivity contribution in [2.75, 3.05) is 18.4 Å². The zero-order chi connectivity index (χ0) is 11.5. The largest absolute Gasteiger partial charge is 0.472 e. The number of anilines is 1. The number of piperidine rings is 1. The minimum Gasteiger partial charge on any atom is -0.472 e. The van der Waals surface area contributed by atoms with Gasteiger partial charge in [0.1, 0.15) is 5.82 Å². The molecule has 0 saturated carbocycles. The molecule has 0 aliphatic carbocycles. The minimum atomic E-state index is 0.525. The third kappa shape index (κ3) is 2.34. The van der Waals surface area contributed by atoms with Gasteiger partial charge in [-0.05, 0) is 32.0 Å². The van der Waals surface area contributed by atoms with Crippen LogP contribution in [0.4, 0.5) is 5.82 Å². The molecule has 0 radical (unpaired) electrons. The van der Waals surface area contributed by atoms with Gasteiger partial charge in [0.2, 0.25) is 0 Å². The Kier molecular flexibility index (Phi) is 2.83. The van der Waals surface area contributed by atoms with E-state index in [9.17, 15) is 0 Å². The summed E-state index contributed by atoms with van der Waals surface area (Å²) in [7, 11) is 0. The first-order valence-corrected chi connectivity index (χ1v) is 5.97. The molecule has 17 heavy (non-hydrogen) atoms. The van der Waals surface area contributed by atoms with Gasteiger partial charge in [0, 0.05) is 17.7 Å². The molecule has 0 amide bonds. The Morgan fingerprint density at radius 2 is 2.24 bits per heavy atom. The van der Waals surface area contributed by atoms with Crippen molar-refractivity contribution in [1.82, 2.24) is 15.5 Å². The van der Waals surface area contributed by atoms with E-state index in [1.54, 1.807) is 12.5 Å². The third-order valence-electron chi connectivity index (χ3n) is 3.10. The van der Waals surface area contributed by atoms with Crippen LogP contribution in [0.25, 0.3) is 11.3 Å². The standard InChI is InChI=1S/C12H16N4O/c1-4-13-5-2-10(1)14-12-7-11(15-16-12)9-3-6-17-8-9/h3,6-8,10,13H,1-2,4-5H2,(H2,14,15,16). The van der Waals surface area contributed by atoms with Crippen LogP contribution in [0.5, 0.6) is 0 Å². The lowest BCUT2D eigenvalue weighted by Crippen LogP contribution is -2.35. The lowest BCUT2D eigenvalue weighted by molar-refractivity contribution is 0.478. The van der Waals surface area contributed by atoms with Gasteiger partial charge in [0.15, 0.2) is 0 Å². The highest BCUT2D eigenvalue weighted by Crippen LogP contribution is 2.21. The molecular weight excluding hydrogens is 216 g/mol. The number of furan rings is 1. The summed E-state index contributed by atoms with van der Waals surface area (Å²) in [5.41, 5.74) is 2.01. The first-order valence-electron chi connectivity index (χ1n) is 5.97. The molecule has 2 aromatic rings. The number of H-pyrrole nitrogens is 1. The second kappa shape index (κ2) is 4.63. The van der Waals surface area contributed by atoms with E-state index in [0.717, 1.165) is 43.0 Å². The highest BCUT2D eigenvalue weighted by molar-refractivity contribution is 5.61. The maximum absolute atomic E-state index is 5.05. The Morgan fingerprint density at radius 3 is 3.00 bits per heavy atom. The van der Waals surface area contributed by atoms with Crippen molar-refractivity contribution in [2.45, 2.75) is 18.9 Å². The van der Waals surface area contributed by atoms with Crippen LogP contribution in [-0.2, 0) is 0 Å². The van der Waals surface area contributed by atoms with E-state index in [-0.39, 0.29) is 0 Å². The van der Waals surface area contributed by atoms with Crippen molar-refractivity contribution < 1.29 is 4.42 Å². The van der Waals surface area contributed by atoms with E-state index in [2.05, 4.69) is 20.8 Å². The van der Waals surface area contributed by atoms with Gasteiger partial charge in [-0.25, -0.2) is 0 Å². The molecule has 0 unspecified atom stereocenters. The predicted octanol–water partition coefficient (Wildman–Crippen LogP) is 1.83. The average Bonchev–Trinajstić information content (AvgIpc) is 3.00. The summed E-state index contributed by atoms with van der Waals surface area (Å²) in [5, 5.41) is 14.1. The van der Waals surface area contributed by atoms with Crippen LogP contribution < -0.4 is 10.6 Å². The Morgan fingerprint density at radius 1 is 1.35 bits per heavy atom. The summed E-state index contributed by atoms with van der Waals surface area (Å²) in [6.07, 6.45) is 5.67. The number of hydrogen-bond acceptors (Lipinski definition) is 4. The summed E-state index contributed by atoms with van der Waals surface area (Å²) in [6.45, 7) is 2.16. The number of aromatic amines is 1. The molecule has 0 atom stereocenters. The van der Waals surface area contributed by atoms with E-state index >= 15 is 0 Å². The molecule has 3 N–H and O–H groups in total. The summed E-state index contributed by atoms with van der Waals surface area (Å²) >= 11 is 0. The lowest BCUT2D eigenvalue weighted by atomic mass is 10.1. The summed E-state index contributed by atoms with van der Waals surface area (Å²) in [4.78, 5) is 0. The fourth-order valence-electron chi connectivity index (χ4n) is 2.14. The van der Waals surface area contributed by atoms with Crippen LogP contribution >= 0.6 is 0 Å². The second-order valence-electron chi connectivity index (χ2n) is 4.35. The smallest absolute Gasteiger partial charge is 0.148 e. The van der Waals surface area contributed by atoms with Gasteiger partial charge >= 0.3 is 0 Å². The number of rotatable bonds is 3. The quantitative estimate of drug-likeness (QED) is 0.755. The van der Waals surface area contributed by atoms with Crippen molar-refractivity contribution in [3.63, 3.8) is 0 Å². The lowest BCUT2D eigenvalue weighted by Gasteiger charge is -2.23. The molecule has 5 heteroatoms. The summed E-state index contributed by atoms with van der Waals surface area (Å²) < 4.78 is 5.05. The first-order chi connectivity index (χ1) is 8.42. The van der Waals surface area contributed by atoms with Crippen LogP contribution in [0.3, 0.4) is 0 Å². The zero-order valence-corrected chi connectivity index (χ0v) is 9.57. The molecule has 90 valence electrons. The van der Waals surface area contributed by atoms with Crippen molar-refractivity contribution in [2.24, 2.45) is 0 Å². The SMILES string of the molecule is c1cc(-c2cc(NC3CCNCC3)n[nH]2)co1. The fraction of sp³-hybridized carbons (Fsp3) is 0.417. The van der Waals surface area contributed by atoms with Gasteiger partial charge in [-0.1, -0.05) is 0 Å². The van der Waals surface area contributed by atoms with Gasteiger partial charge in [0.25, 0.3) is 0 Å². The molecule has 1 aliphatic heterocycles. The maximum Gasteiger partial charge on any atom is 0.148 e.